The molecule has 3 aromatic rings. The van der Waals surface area contributed by atoms with E-state index in [0.717, 1.165) is 12.1 Å². The van der Waals surface area contributed by atoms with Crippen molar-refractivity contribution in [1.29, 1.82) is 0 Å². The number of furan rings is 1. The van der Waals surface area contributed by atoms with Crippen LogP contribution in [0, 0.1) is 13.8 Å². The summed E-state index contributed by atoms with van der Waals surface area (Å²) in [6.07, 6.45) is 2.41. The molecule has 0 saturated heterocycles. The molecule has 0 bridgehead atoms. The first-order chi connectivity index (χ1) is 13.4. The molecule has 0 aliphatic heterocycles. The van der Waals surface area contributed by atoms with Crippen LogP contribution in [-0.4, -0.2) is 44.7 Å². The maximum absolute atomic E-state index is 12.9. The first-order valence-electron chi connectivity index (χ1n) is 9.22. The normalized spacial score (nSPS) is 11.3. The van der Waals surface area contributed by atoms with E-state index in [9.17, 15) is 9.59 Å². The summed E-state index contributed by atoms with van der Waals surface area (Å²) in [5, 5.41) is 8.04. The van der Waals surface area contributed by atoms with Crippen LogP contribution in [0.1, 0.15) is 58.3 Å². The molecule has 0 fully saturated rings. The number of aromatic nitrogens is 3. The monoisotopic (exact) mass is 384 g/mol. The van der Waals surface area contributed by atoms with Crippen molar-refractivity contribution in [3.05, 3.63) is 46.8 Å². The van der Waals surface area contributed by atoms with Crippen molar-refractivity contribution in [1.82, 2.24) is 20.1 Å². The number of aryl methyl sites for hydroxylation is 1. The molecular formula is C20H24N4O4. The SMILES string of the molecule is CCCN(CC(=O)c1[nH]c(C)c(C(C)=O)c1C)Cc1nnc(-c2ccco2)o1. The van der Waals surface area contributed by atoms with Gasteiger partial charge in [0.15, 0.2) is 17.3 Å². The van der Waals surface area contributed by atoms with Gasteiger partial charge >= 0.3 is 0 Å². The van der Waals surface area contributed by atoms with Crippen LogP contribution in [-0.2, 0) is 6.54 Å². The quantitative estimate of drug-likeness (QED) is 0.562. The Bertz CT molecular complexity index is 969. The fraction of sp³-hybridized carbons (Fsp3) is 0.400. The Labute approximate surface area is 162 Å². The van der Waals surface area contributed by atoms with Crippen LogP contribution in [0.4, 0.5) is 0 Å². The van der Waals surface area contributed by atoms with Crippen LogP contribution in [0.25, 0.3) is 11.7 Å². The van der Waals surface area contributed by atoms with E-state index in [0.29, 0.717) is 47.5 Å². The van der Waals surface area contributed by atoms with Crippen molar-refractivity contribution < 1.29 is 18.4 Å². The zero-order chi connectivity index (χ0) is 20.3. The molecule has 0 aromatic carbocycles. The van der Waals surface area contributed by atoms with Gasteiger partial charge in [-0.05, 0) is 51.4 Å². The summed E-state index contributed by atoms with van der Waals surface area (Å²) < 4.78 is 10.9. The predicted molar refractivity (Wildman–Crippen MR) is 102 cm³/mol. The molecule has 0 unspecified atom stereocenters. The van der Waals surface area contributed by atoms with Crippen molar-refractivity contribution >= 4 is 11.6 Å². The summed E-state index contributed by atoms with van der Waals surface area (Å²) in [5.74, 6) is 1.10. The van der Waals surface area contributed by atoms with Gasteiger partial charge < -0.3 is 13.8 Å². The number of ketones is 2. The fourth-order valence-electron chi connectivity index (χ4n) is 3.38. The second kappa shape index (κ2) is 8.35. The minimum atomic E-state index is -0.0766. The Morgan fingerprint density at radius 2 is 2.04 bits per heavy atom. The highest BCUT2D eigenvalue weighted by atomic mass is 16.4. The number of H-pyrrole nitrogens is 1. The van der Waals surface area contributed by atoms with Crippen LogP contribution in [0.15, 0.2) is 27.2 Å². The minimum Gasteiger partial charge on any atom is -0.459 e. The standard InChI is InChI=1S/C20H24N4O4/c1-5-8-24(11-17-22-23-20(28-17)16-7-6-9-27-16)10-15(26)19-12(2)18(14(4)25)13(3)21-19/h6-7,9,21H,5,8,10-11H2,1-4H3. The van der Waals surface area contributed by atoms with Crippen molar-refractivity contribution in [3.8, 4) is 11.7 Å². The maximum Gasteiger partial charge on any atom is 0.283 e. The van der Waals surface area contributed by atoms with E-state index in [-0.39, 0.29) is 18.1 Å². The topological polar surface area (TPSA) is 105 Å². The Balaban J connectivity index is 1.74. The molecule has 0 saturated carbocycles. The average molecular weight is 384 g/mol. The molecule has 0 radical (unpaired) electrons. The second-order valence-corrected chi connectivity index (χ2v) is 6.79. The van der Waals surface area contributed by atoms with Crippen molar-refractivity contribution in [3.63, 3.8) is 0 Å². The molecule has 1 N–H and O–H groups in total. The van der Waals surface area contributed by atoms with Crippen LogP contribution in [0.5, 0.6) is 0 Å². The predicted octanol–water partition coefficient (Wildman–Crippen LogP) is 3.57. The van der Waals surface area contributed by atoms with Gasteiger partial charge in [0, 0.05) is 11.3 Å². The van der Waals surface area contributed by atoms with Crippen molar-refractivity contribution in [2.45, 2.75) is 40.7 Å². The van der Waals surface area contributed by atoms with Gasteiger partial charge in [-0.1, -0.05) is 6.92 Å². The number of carbonyl (C=O) groups excluding carboxylic acids is 2. The highest BCUT2D eigenvalue weighted by Crippen LogP contribution is 2.21. The van der Waals surface area contributed by atoms with Gasteiger partial charge in [0.25, 0.3) is 5.89 Å². The average Bonchev–Trinajstić information content (AvgIpc) is 3.35. The third-order valence-electron chi connectivity index (χ3n) is 4.53. The summed E-state index contributed by atoms with van der Waals surface area (Å²) in [6.45, 7) is 8.38. The lowest BCUT2D eigenvalue weighted by Gasteiger charge is -2.18. The molecule has 0 aliphatic rings. The van der Waals surface area contributed by atoms with Crippen molar-refractivity contribution in [2.75, 3.05) is 13.1 Å². The van der Waals surface area contributed by atoms with Gasteiger partial charge in [0.1, 0.15) is 0 Å². The Morgan fingerprint density at radius 3 is 2.64 bits per heavy atom. The third kappa shape index (κ3) is 4.12. The van der Waals surface area contributed by atoms with E-state index in [1.54, 1.807) is 26.0 Å². The summed E-state index contributed by atoms with van der Waals surface area (Å²) in [5.41, 5.74) is 2.48. The Morgan fingerprint density at radius 1 is 1.25 bits per heavy atom. The van der Waals surface area contributed by atoms with Gasteiger partial charge in [-0.25, -0.2) is 0 Å². The van der Waals surface area contributed by atoms with Gasteiger partial charge in [0.2, 0.25) is 5.89 Å². The smallest absolute Gasteiger partial charge is 0.283 e. The summed E-state index contributed by atoms with van der Waals surface area (Å²) in [6, 6.07) is 3.49. The van der Waals surface area contributed by atoms with Crippen LogP contribution >= 0.6 is 0 Å². The summed E-state index contributed by atoms with van der Waals surface area (Å²) in [4.78, 5) is 29.7. The number of aromatic amines is 1. The molecule has 28 heavy (non-hydrogen) atoms. The van der Waals surface area contributed by atoms with Gasteiger partial charge in [-0.15, -0.1) is 10.2 Å². The van der Waals surface area contributed by atoms with Crippen LogP contribution in [0.3, 0.4) is 0 Å². The molecule has 8 nitrogen and oxygen atoms in total. The molecule has 3 heterocycles. The molecule has 3 rings (SSSR count). The Hall–Kier alpha value is -3.00. The highest BCUT2D eigenvalue weighted by Gasteiger charge is 2.22. The van der Waals surface area contributed by atoms with Crippen LogP contribution in [0.2, 0.25) is 0 Å². The zero-order valence-electron chi connectivity index (χ0n) is 16.5. The molecule has 8 heteroatoms. The maximum atomic E-state index is 12.9. The largest absolute Gasteiger partial charge is 0.459 e. The number of carbonyl (C=O) groups is 2. The highest BCUT2D eigenvalue weighted by molar-refractivity contribution is 6.03. The van der Waals surface area contributed by atoms with Crippen LogP contribution < -0.4 is 0 Å². The number of hydrogen-bond acceptors (Lipinski definition) is 7. The molecule has 0 amide bonds. The number of Topliss-reactive ketones (excluding diaryl/α,β-unsaturated/α-hetero) is 2. The van der Waals surface area contributed by atoms with E-state index in [1.807, 2.05) is 11.8 Å². The summed E-state index contributed by atoms with van der Waals surface area (Å²) >= 11 is 0. The second-order valence-electron chi connectivity index (χ2n) is 6.79. The van der Waals surface area contributed by atoms with Gasteiger partial charge in [-0.2, -0.15) is 0 Å². The first kappa shape index (κ1) is 19.8. The fourth-order valence-corrected chi connectivity index (χ4v) is 3.38. The lowest BCUT2D eigenvalue weighted by molar-refractivity contribution is 0.0914. The summed E-state index contributed by atoms with van der Waals surface area (Å²) in [7, 11) is 0. The number of nitrogens with zero attached hydrogens (tertiary/aromatic N) is 3. The molecule has 0 aliphatic carbocycles. The number of rotatable bonds is 9. The van der Waals surface area contributed by atoms with E-state index < -0.39 is 0 Å². The molecule has 148 valence electrons. The molecule has 0 atom stereocenters. The zero-order valence-corrected chi connectivity index (χ0v) is 16.5. The molecule has 3 aromatic heterocycles. The van der Waals surface area contributed by atoms with E-state index in [1.165, 1.54) is 13.2 Å². The van der Waals surface area contributed by atoms with E-state index in [2.05, 4.69) is 15.2 Å². The van der Waals surface area contributed by atoms with E-state index in [4.69, 9.17) is 8.83 Å². The first-order valence-corrected chi connectivity index (χ1v) is 9.22. The van der Waals surface area contributed by atoms with Gasteiger partial charge in [0.05, 0.1) is 25.0 Å². The molecule has 0 spiro atoms. The third-order valence-corrected chi connectivity index (χ3v) is 4.53. The minimum absolute atomic E-state index is 0.0490. The lowest BCUT2D eigenvalue weighted by atomic mass is 10.1. The number of nitrogens with one attached hydrogen (secondary N) is 1. The van der Waals surface area contributed by atoms with Crippen molar-refractivity contribution in [2.24, 2.45) is 0 Å². The lowest BCUT2D eigenvalue weighted by Crippen LogP contribution is -2.31. The Kier molecular flexibility index (Phi) is 5.89. The van der Waals surface area contributed by atoms with E-state index >= 15 is 0 Å². The molecular weight excluding hydrogens is 360 g/mol. The van der Waals surface area contributed by atoms with Gasteiger partial charge in [-0.3, -0.25) is 14.5 Å². The number of hydrogen-bond donors (Lipinski definition) is 1.